The molecule has 0 bridgehead atoms. The Kier molecular flexibility index (Phi) is 3.16. The monoisotopic (exact) mass is 279 g/mol. The van der Waals surface area contributed by atoms with Gasteiger partial charge in [0.1, 0.15) is 0 Å². The lowest BCUT2D eigenvalue weighted by atomic mass is 10.3. The third-order valence-electron chi connectivity index (χ3n) is 3.35. The molecule has 1 aliphatic rings. The van der Waals surface area contributed by atoms with Gasteiger partial charge in [-0.2, -0.15) is 0 Å². The minimum absolute atomic E-state index is 0.0760. The number of hydrogen-bond donors (Lipinski definition) is 1. The molecule has 2 aromatic rings. The molecule has 3 heterocycles. The van der Waals surface area contributed by atoms with E-state index in [4.69, 9.17) is 11.6 Å². The molecule has 2 aromatic heterocycles. The summed E-state index contributed by atoms with van der Waals surface area (Å²) in [6, 6.07) is 2.89. The normalized spacial score (nSPS) is 16.3. The van der Waals surface area contributed by atoms with Crippen molar-refractivity contribution >= 4 is 17.2 Å². The highest BCUT2D eigenvalue weighted by atomic mass is 35.5. The summed E-state index contributed by atoms with van der Waals surface area (Å²) >= 11 is 5.82. The molecule has 19 heavy (non-hydrogen) atoms. The summed E-state index contributed by atoms with van der Waals surface area (Å²) in [7, 11) is 0. The summed E-state index contributed by atoms with van der Waals surface area (Å²) in [6.07, 6.45) is 3.84. The molecule has 0 aromatic carbocycles. The molecule has 0 saturated carbocycles. The summed E-state index contributed by atoms with van der Waals surface area (Å²) in [4.78, 5) is 18.6. The highest BCUT2D eigenvalue weighted by molar-refractivity contribution is 6.30. The van der Waals surface area contributed by atoms with E-state index in [0.717, 1.165) is 13.1 Å². The van der Waals surface area contributed by atoms with Crippen molar-refractivity contribution in [3.8, 4) is 5.75 Å². The van der Waals surface area contributed by atoms with Gasteiger partial charge >= 0.3 is 0 Å². The average molecular weight is 280 g/mol. The van der Waals surface area contributed by atoms with Crippen molar-refractivity contribution < 1.29 is 5.11 Å². The van der Waals surface area contributed by atoms with Crippen molar-refractivity contribution in [2.75, 3.05) is 13.1 Å². The fourth-order valence-corrected chi connectivity index (χ4v) is 2.65. The Morgan fingerprint density at radius 2 is 2.05 bits per heavy atom. The Morgan fingerprint density at radius 1 is 1.32 bits per heavy atom. The number of hydrogen-bond acceptors (Lipinski definition) is 4. The Balaban J connectivity index is 2.05. The molecule has 0 aliphatic carbocycles. The summed E-state index contributed by atoms with van der Waals surface area (Å²) < 4.78 is 1.27. The van der Waals surface area contributed by atoms with E-state index in [0.29, 0.717) is 17.3 Å². The van der Waals surface area contributed by atoms with Crippen LogP contribution in [0.2, 0.25) is 5.02 Å². The van der Waals surface area contributed by atoms with Gasteiger partial charge in [0.25, 0.3) is 5.56 Å². The number of halogens is 1. The maximum atomic E-state index is 12.0. The van der Waals surface area contributed by atoms with Crippen LogP contribution in [0.25, 0.3) is 5.65 Å². The van der Waals surface area contributed by atoms with Crippen LogP contribution in [0.3, 0.4) is 0 Å². The molecule has 5 nitrogen and oxygen atoms in total. The van der Waals surface area contributed by atoms with Crippen molar-refractivity contribution in [2.45, 2.75) is 19.4 Å². The van der Waals surface area contributed by atoms with E-state index < -0.39 is 0 Å². The number of pyridine rings is 1. The van der Waals surface area contributed by atoms with E-state index >= 15 is 0 Å². The molecule has 0 unspecified atom stereocenters. The van der Waals surface area contributed by atoms with Gasteiger partial charge in [0, 0.05) is 24.9 Å². The highest BCUT2D eigenvalue weighted by Gasteiger charge is 2.14. The molecule has 1 fully saturated rings. The summed E-state index contributed by atoms with van der Waals surface area (Å²) in [5, 5.41) is 10.1. The second-order valence-corrected chi connectivity index (χ2v) is 5.24. The Hall–Kier alpha value is -1.59. The fraction of sp³-hybridized carbons (Fsp3) is 0.385. The molecule has 1 saturated heterocycles. The molecule has 1 N–H and O–H groups in total. The average Bonchev–Trinajstić information content (AvgIpc) is 2.84. The lowest BCUT2D eigenvalue weighted by molar-refractivity contribution is 0.327. The van der Waals surface area contributed by atoms with Gasteiger partial charge in [0.2, 0.25) is 0 Å². The van der Waals surface area contributed by atoms with E-state index in [1.54, 1.807) is 0 Å². The predicted octanol–water partition coefficient (Wildman–Crippen LogP) is 1.65. The molecule has 0 atom stereocenters. The van der Waals surface area contributed by atoms with Gasteiger partial charge in [-0.3, -0.25) is 14.1 Å². The topological polar surface area (TPSA) is 57.8 Å². The van der Waals surface area contributed by atoms with Crippen LogP contribution in [0.4, 0.5) is 0 Å². The minimum atomic E-state index is -0.225. The zero-order valence-electron chi connectivity index (χ0n) is 10.3. The first-order valence-corrected chi connectivity index (χ1v) is 6.64. The summed E-state index contributed by atoms with van der Waals surface area (Å²) in [6.45, 7) is 2.72. The SMILES string of the molecule is O=c1cc(CN2CCCC2)nc2c(O)cc(Cl)cn12. The Labute approximate surface area is 115 Å². The van der Waals surface area contributed by atoms with Crippen LogP contribution in [0.1, 0.15) is 18.5 Å². The van der Waals surface area contributed by atoms with Crippen LogP contribution in [-0.2, 0) is 6.54 Å². The van der Waals surface area contributed by atoms with Crippen LogP contribution in [0.5, 0.6) is 5.75 Å². The molecule has 6 heteroatoms. The van der Waals surface area contributed by atoms with Gasteiger partial charge < -0.3 is 5.11 Å². The number of fused-ring (bicyclic) bond motifs is 1. The zero-order valence-corrected chi connectivity index (χ0v) is 11.1. The molecule has 3 rings (SSSR count). The van der Waals surface area contributed by atoms with Crippen LogP contribution < -0.4 is 5.56 Å². The first-order chi connectivity index (χ1) is 9.13. The highest BCUT2D eigenvalue weighted by Crippen LogP contribution is 2.21. The van der Waals surface area contributed by atoms with E-state index in [1.807, 2.05) is 0 Å². The first kappa shape index (κ1) is 12.4. The lowest BCUT2D eigenvalue weighted by Crippen LogP contribution is -2.22. The van der Waals surface area contributed by atoms with Crippen LogP contribution in [-0.4, -0.2) is 32.5 Å². The van der Waals surface area contributed by atoms with E-state index in [2.05, 4.69) is 9.88 Å². The minimum Gasteiger partial charge on any atom is -0.504 e. The molecular formula is C13H14ClN3O2. The maximum Gasteiger partial charge on any atom is 0.258 e. The largest absolute Gasteiger partial charge is 0.504 e. The van der Waals surface area contributed by atoms with Crippen molar-refractivity contribution in [3.05, 3.63) is 39.4 Å². The number of rotatable bonds is 2. The number of nitrogens with zero attached hydrogens (tertiary/aromatic N) is 3. The van der Waals surface area contributed by atoms with Gasteiger partial charge in [-0.15, -0.1) is 0 Å². The van der Waals surface area contributed by atoms with Crippen LogP contribution in [0, 0.1) is 0 Å². The maximum absolute atomic E-state index is 12.0. The predicted molar refractivity (Wildman–Crippen MR) is 72.6 cm³/mol. The van der Waals surface area contributed by atoms with E-state index in [1.165, 1.54) is 35.6 Å². The molecule has 0 radical (unpaired) electrons. The number of aromatic hydroxyl groups is 1. The van der Waals surface area contributed by atoms with Crippen molar-refractivity contribution in [3.63, 3.8) is 0 Å². The van der Waals surface area contributed by atoms with Crippen LogP contribution in [0.15, 0.2) is 23.1 Å². The van der Waals surface area contributed by atoms with Gasteiger partial charge in [-0.05, 0) is 25.9 Å². The molecule has 0 amide bonds. The van der Waals surface area contributed by atoms with Gasteiger partial charge in [-0.1, -0.05) is 11.6 Å². The van der Waals surface area contributed by atoms with Crippen molar-refractivity contribution in [2.24, 2.45) is 0 Å². The van der Waals surface area contributed by atoms with Crippen molar-refractivity contribution in [1.29, 1.82) is 0 Å². The summed E-state index contributed by atoms with van der Waals surface area (Å²) in [5.74, 6) is -0.0760. The van der Waals surface area contributed by atoms with E-state index in [-0.39, 0.29) is 17.0 Å². The third kappa shape index (κ3) is 2.43. The molecular weight excluding hydrogens is 266 g/mol. The smallest absolute Gasteiger partial charge is 0.258 e. The second-order valence-electron chi connectivity index (χ2n) is 4.81. The first-order valence-electron chi connectivity index (χ1n) is 6.26. The molecule has 0 spiro atoms. The fourth-order valence-electron chi connectivity index (χ4n) is 2.45. The van der Waals surface area contributed by atoms with Gasteiger partial charge in [0.15, 0.2) is 11.4 Å². The Bertz CT molecular complexity index is 677. The molecule has 1 aliphatic heterocycles. The molecule has 100 valence electrons. The number of likely N-dealkylation sites (tertiary alicyclic amines) is 1. The van der Waals surface area contributed by atoms with Crippen LogP contribution >= 0.6 is 11.6 Å². The Morgan fingerprint density at radius 3 is 2.79 bits per heavy atom. The van der Waals surface area contributed by atoms with E-state index in [9.17, 15) is 9.90 Å². The number of aromatic nitrogens is 2. The second kappa shape index (κ2) is 4.83. The van der Waals surface area contributed by atoms with Gasteiger partial charge in [-0.25, -0.2) is 4.98 Å². The third-order valence-corrected chi connectivity index (χ3v) is 3.55. The lowest BCUT2D eigenvalue weighted by Gasteiger charge is -2.14. The summed E-state index contributed by atoms with van der Waals surface area (Å²) in [5.41, 5.74) is 0.715. The quantitative estimate of drug-likeness (QED) is 0.908. The van der Waals surface area contributed by atoms with Crippen molar-refractivity contribution in [1.82, 2.24) is 14.3 Å². The standard InChI is InChI=1S/C13H14ClN3O2/c14-9-5-11(18)13-15-10(6-12(19)17(13)7-9)8-16-3-1-2-4-16/h5-7,18H,1-4,8H2. The van der Waals surface area contributed by atoms with Gasteiger partial charge in [0.05, 0.1) is 10.7 Å². The zero-order chi connectivity index (χ0) is 13.4.